The molecule has 2 saturated heterocycles. The number of hydrogen-bond acceptors (Lipinski definition) is 9. The number of thiocarbonyl (C=S) groups is 1. The number of nitrogens with zero attached hydrogens (tertiary/aromatic N) is 3. The molecule has 1 N–H and O–H groups in total. The lowest BCUT2D eigenvalue weighted by molar-refractivity contribution is -0.123. The monoisotopic (exact) mass is 536 g/mol. The van der Waals surface area contributed by atoms with Crippen molar-refractivity contribution in [2.75, 3.05) is 30.0 Å². The van der Waals surface area contributed by atoms with Crippen molar-refractivity contribution in [3.63, 3.8) is 0 Å². The minimum Gasteiger partial charge on any atom is -0.379 e. The molecule has 0 radical (unpaired) electrons. The number of thioether (sulfide) groups is 1. The van der Waals surface area contributed by atoms with E-state index in [0.29, 0.717) is 41.8 Å². The summed E-state index contributed by atoms with van der Waals surface area (Å²) in [5.41, 5.74) is 1.31. The molecule has 0 aromatic carbocycles. The van der Waals surface area contributed by atoms with Crippen molar-refractivity contribution < 1.29 is 17.9 Å². The van der Waals surface area contributed by atoms with Crippen LogP contribution in [-0.4, -0.2) is 69.7 Å². The van der Waals surface area contributed by atoms with Gasteiger partial charge in [-0.1, -0.05) is 30.0 Å². The number of aryl methyl sites for hydroxylation is 1. The number of hydrogen-bond donors (Lipinski definition) is 1. The quantitative estimate of drug-likeness (QED) is 0.309. The Bertz CT molecular complexity index is 1370. The molecule has 2 aliphatic heterocycles. The van der Waals surface area contributed by atoms with Crippen molar-refractivity contribution in [1.82, 2.24) is 14.3 Å². The molecule has 0 bridgehead atoms. The Morgan fingerprint density at radius 2 is 2.14 bits per heavy atom. The van der Waals surface area contributed by atoms with Crippen LogP contribution in [0.15, 0.2) is 28.0 Å². The molecule has 0 saturated carbocycles. The zero-order valence-electron chi connectivity index (χ0n) is 19.8. The topological polar surface area (TPSA) is 110 Å². The summed E-state index contributed by atoms with van der Waals surface area (Å²) >= 11 is 6.48. The lowest BCUT2D eigenvalue weighted by Gasteiger charge is -2.20. The number of fused-ring (bicyclic) bond motifs is 1. The van der Waals surface area contributed by atoms with Gasteiger partial charge in [0.15, 0.2) is 9.84 Å². The second-order valence-electron chi connectivity index (χ2n) is 8.87. The van der Waals surface area contributed by atoms with Gasteiger partial charge >= 0.3 is 0 Å². The Kier molecular flexibility index (Phi) is 7.65. The van der Waals surface area contributed by atoms with Gasteiger partial charge in [0, 0.05) is 19.3 Å². The molecule has 9 nitrogen and oxygen atoms in total. The standard InChI is InChI=1S/C23H28N4O5S3/c1-14(2)32-10-5-8-24-19-17(21(28)26-9-4-6-15(3)20(26)25-19)12-18-22(29)27(23(33)34-18)16-7-11-35(30,31)13-16/h4,6,9,12,14,16,24H,5,7-8,10-11,13H2,1-3H3. The number of nitrogens with one attached hydrogen (secondary N) is 1. The van der Waals surface area contributed by atoms with Crippen LogP contribution in [0.3, 0.4) is 0 Å². The molecule has 4 heterocycles. The summed E-state index contributed by atoms with van der Waals surface area (Å²) < 4.78 is 31.2. The molecule has 4 rings (SSSR count). The summed E-state index contributed by atoms with van der Waals surface area (Å²) in [7, 11) is -3.18. The number of ether oxygens (including phenoxy) is 1. The summed E-state index contributed by atoms with van der Waals surface area (Å²) in [6, 6.07) is 3.17. The molecule has 2 aromatic rings. The van der Waals surface area contributed by atoms with Crippen LogP contribution in [0.25, 0.3) is 11.7 Å². The molecule has 2 aliphatic rings. The summed E-state index contributed by atoms with van der Waals surface area (Å²) in [5.74, 6) is -0.0653. The van der Waals surface area contributed by atoms with Crippen LogP contribution in [0.5, 0.6) is 0 Å². The third-order valence-electron chi connectivity index (χ3n) is 5.82. The third kappa shape index (κ3) is 5.60. The second kappa shape index (κ2) is 10.4. The predicted molar refractivity (Wildman–Crippen MR) is 142 cm³/mol. The predicted octanol–water partition coefficient (Wildman–Crippen LogP) is 2.62. The van der Waals surface area contributed by atoms with E-state index in [1.54, 1.807) is 12.3 Å². The zero-order chi connectivity index (χ0) is 25.3. The molecule has 2 aromatic heterocycles. The molecule has 12 heteroatoms. The molecular formula is C23H28N4O5S3. The average Bonchev–Trinajstić information content (AvgIpc) is 3.27. The Balaban J connectivity index is 1.68. The van der Waals surface area contributed by atoms with E-state index in [2.05, 4.69) is 5.32 Å². The fourth-order valence-electron chi connectivity index (χ4n) is 4.08. The Labute approximate surface area is 213 Å². The van der Waals surface area contributed by atoms with Gasteiger partial charge in [0.1, 0.15) is 15.8 Å². The fraction of sp³-hybridized carbons (Fsp3) is 0.478. The molecule has 188 valence electrons. The van der Waals surface area contributed by atoms with Crippen LogP contribution < -0.4 is 10.9 Å². The molecule has 35 heavy (non-hydrogen) atoms. The number of amides is 1. The SMILES string of the molecule is Cc1cccn2c(=O)c(C=C3SC(=S)N(C4CCS(=O)(=O)C4)C3=O)c(NCCCOC(C)C)nc12. The van der Waals surface area contributed by atoms with Crippen molar-refractivity contribution >= 4 is 61.6 Å². The van der Waals surface area contributed by atoms with E-state index in [4.69, 9.17) is 21.9 Å². The van der Waals surface area contributed by atoms with Crippen molar-refractivity contribution in [2.24, 2.45) is 0 Å². The van der Waals surface area contributed by atoms with E-state index in [-0.39, 0.29) is 39.5 Å². The van der Waals surface area contributed by atoms with E-state index in [1.165, 1.54) is 15.4 Å². The minimum absolute atomic E-state index is 0.0393. The van der Waals surface area contributed by atoms with Crippen LogP contribution in [0.1, 0.15) is 37.8 Å². The first-order valence-corrected chi connectivity index (χ1v) is 14.5. The lowest BCUT2D eigenvalue weighted by Crippen LogP contribution is -2.39. The smallest absolute Gasteiger partial charge is 0.267 e. The first-order chi connectivity index (χ1) is 16.6. The van der Waals surface area contributed by atoms with Crippen LogP contribution in [0, 0.1) is 6.92 Å². The largest absolute Gasteiger partial charge is 0.379 e. The highest BCUT2D eigenvalue weighted by molar-refractivity contribution is 8.26. The maximum absolute atomic E-state index is 13.4. The summed E-state index contributed by atoms with van der Waals surface area (Å²) in [4.78, 5) is 33.0. The average molecular weight is 537 g/mol. The number of carbonyl (C=O) groups excluding carboxylic acids is 1. The van der Waals surface area contributed by atoms with Crippen molar-refractivity contribution in [3.8, 4) is 0 Å². The lowest BCUT2D eigenvalue weighted by atomic mass is 10.2. The molecular weight excluding hydrogens is 508 g/mol. The van der Waals surface area contributed by atoms with Crippen LogP contribution in [0.2, 0.25) is 0 Å². The number of anilines is 1. The minimum atomic E-state index is -3.18. The number of aromatic nitrogens is 2. The van der Waals surface area contributed by atoms with Gasteiger partial charge in [0.2, 0.25) is 0 Å². The summed E-state index contributed by atoms with van der Waals surface area (Å²) in [6.45, 7) is 6.91. The number of carbonyl (C=O) groups is 1. The molecule has 0 spiro atoms. The summed E-state index contributed by atoms with van der Waals surface area (Å²) in [6.07, 6.45) is 4.36. The third-order valence-corrected chi connectivity index (χ3v) is 8.90. The van der Waals surface area contributed by atoms with E-state index < -0.39 is 15.9 Å². The van der Waals surface area contributed by atoms with Gasteiger partial charge in [0.05, 0.1) is 34.1 Å². The fourth-order valence-corrected chi connectivity index (χ4v) is 7.16. The Morgan fingerprint density at radius 3 is 2.83 bits per heavy atom. The van der Waals surface area contributed by atoms with Crippen molar-refractivity contribution in [2.45, 2.75) is 45.8 Å². The Morgan fingerprint density at radius 1 is 1.37 bits per heavy atom. The normalized spacial score (nSPS) is 21.1. The van der Waals surface area contributed by atoms with Crippen molar-refractivity contribution in [3.05, 3.63) is 44.7 Å². The number of rotatable bonds is 8. The van der Waals surface area contributed by atoms with E-state index in [9.17, 15) is 18.0 Å². The molecule has 1 amide bonds. The zero-order valence-corrected chi connectivity index (χ0v) is 22.3. The van der Waals surface area contributed by atoms with Gasteiger partial charge in [0.25, 0.3) is 11.5 Å². The van der Waals surface area contributed by atoms with E-state index >= 15 is 0 Å². The highest BCUT2D eigenvalue weighted by atomic mass is 32.2. The van der Waals surface area contributed by atoms with Gasteiger partial charge in [-0.15, -0.1) is 0 Å². The first-order valence-electron chi connectivity index (χ1n) is 11.4. The van der Waals surface area contributed by atoms with E-state index in [1.807, 2.05) is 26.8 Å². The van der Waals surface area contributed by atoms with Gasteiger partial charge in [-0.25, -0.2) is 13.4 Å². The highest BCUT2D eigenvalue weighted by Gasteiger charge is 2.42. The van der Waals surface area contributed by atoms with Gasteiger partial charge in [-0.05, 0) is 51.3 Å². The molecule has 2 fully saturated rings. The van der Waals surface area contributed by atoms with E-state index in [0.717, 1.165) is 17.3 Å². The maximum atomic E-state index is 13.4. The van der Waals surface area contributed by atoms with Gasteiger partial charge in [-0.2, -0.15) is 0 Å². The maximum Gasteiger partial charge on any atom is 0.267 e. The molecule has 1 unspecified atom stereocenters. The Hall–Kier alpha value is -2.28. The first kappa shape index (κ1) is 25.8. The second-order valence-corrected chi connectivity index (χ2v) is 12.8. The number of pyridine rings is 1. The van der Waals surface area contributed by atoms with Crippen LogP contribution >= 0.6 is 24.0 Å². The summed E-state index contributed by atoms with van der Waals surface area (Å²) in [5, 5.41) is 3.23. The van der Waals surface area contributed by atoms with Crippen molar-refractivity contribution in [1.29, 1.82) is 0 Å². The highest BCUT2D eigenvalue weighted by Crippen LogP contribution is 2.36. The van der Waals surface area contributed by atoms with Gasteiger partial charge < -0.3 is 10.1 Å². The van der Waals surface area contributed by atoms with Crippen LogP contribution in [0.4, 0.5) is 5.82 Å². The number of sulfone groups is 1. The van der Waals surface area contributed by atoms with Crippen LogP contribution in [-0.2, 0) is 19.4 Å². The molecule has 1 atom stereocenters. The van der Waals surface area contributed by atoms with Gasteiger partial charge in [-0.3, -0.25) is 18.9 Å². The molecule has 0 aliphatic carbocycles.